The van der Waals surface area contributed by atoms with E-state index in [4.69, 9.17) is 23.2 Å². The number of unbranched alkanes of at least 4 members (excludes halogenated alkanes) is 1. The summed E-state index contributed by atoms with van der Waals surface area (Å²) in [6.45, 7) is 11.5. The van der Waals surface area contributed by atoms with E-state index in [0.717, 1.165) is 68.9 Å². The Morgan fingerprint density at radius 1 is 1.06 bits per heavy atom. The minimum atomic E-state index is 0.0776. The largest absolute Gasteiger partial charge is 0.368 e. The molecule has 0 spiro atoms. The third-order valence-electron chi connectivity index (χ3n) is 6.07. The van der Waals surface area contributed by atoms with Gasteiger partial charge < -0.3 is 10.2 Å². The summed E-state index contributed by atoms with van der Waals surface area (Å²) in [4.78, 5) is 17.0. The van der Waals surface area contributed by atoms with E-state index in [1.54, 1.807) is 0 Å². The van der Waals surface area contributed by atoms with Gasteiger partial charge in [-0.3, -0.25) is 9.69 Å². The zero-order valence-electron chi connectivity index (χ0n) is 20.6. The number of nitrogens with zero attached hydrogens (tertiary/aromatic N) is 2. The quantitative estimate of drug-likeness (QED) is 0.364. The van der Waals surface area contributed by atoms with Crippen molar-refractivity contribution < 1.29 is 4.79 Å². The molecule has 184 valence electrons. The molecule has 1 fully saturated rings. The zero-order valence-corrected chi connectivity index (χ0v) is 22.1. The molecule has 0 radical (unpaired) electrons. The van der Waals surface area contributed by atoms with E-state index < -0.39 is 0 Å². The maximum absolute atomic E-state index is 12.2. The van der Waals surface area contributed by atoms with Gasteiger partial charge in [-0.2, -0.15) is 0 Å². The van der Waals surface area contributed by atoms with Gasteiger partial charge in [-0.25, -0.2) is 0 Å². The first-order chi connectivity index (χ1) is 16.2. The van der Waals surface area contributed by atoms with Crippen molar-refractivity contribution in [3.63, 3.8) is 0 Å². The van der Waals surface area contributed by atoms with Gasteiger partial charge in [0.1, 0.15) is 0 Å². The molecule has 0 unspecified atom stereocenters. The number of benzene rings is 2. The lowest BCUT2D eigenvalue weighted by molar-refractivity contribution is -0.116. The highest BCUT2D eigenvalue weighted by Crippen LogP contribution is 2.32. The topological polar surface area (TPSA) is 35.6 Å². The van der Waals surface area contributed by atoms with Crippen molar-refractivity contribution in [1.29, 1.82) is 0 Å². The van der Waals surface area contributed by atoms with Crippen molar-refractivity contribution in [2.24, 2.45) is 5.41 Å². The normalized spacial score (nSPS) is 15.1. The molecule has 0 atom stereocenters. The molecule has 6 heteroatoms. The Bertz CT molecular complexity index is 976. The summed E-state index contributed by atoms with van der Waals surface area (Å²) >= 11 is 12.5. The van der Waals surface area contributed by atoms with Crippen LogP contribution in [-0.4, -0.2) is 43.5 Å². The van der Waals surface area contributed by atoms with E-state index in [9.17, 15) is 4.79 Å². The van der Waals surface area contributed by atoms with Crippen LogP contribution in [0.5, 0.6) is 0 Å². The van der Waals surface area contributed by atoms with E-state index in [-0.39, 0.29) is 11.3 Å². The number of hydrogen-bond acceptors (Lipinski definition) is 3. The summed E-state index contributed by atoms with van der Waals surface area (Å²) in [7, 11) is 0. The van der Waals surface area contributed by atoms with Crippen LogP contribution in [-0.2, 0) is 4.79 Å². The molecule has 2 aromatic carbocycles. The molecule has 2 aromatic rings. The smallest absolute Gasteiger partial charge is 0.224 e. The Kier molecular flexibility index (Phi) is 9.87. The number of nitrogens with one attached hydrogen (secondary N) is 1. The summed E-state index contributed by atoms with van der Waals surface area (Å²) in [5.74, 6) is 0.0776. The lowest BCUT2D eigenvalue weighted by atomic mass is 9.90. The Morgan fingerprint density at radius 3 is 2.53 bits per heavy atom. The fourth-order valence-corrected chi connectivity index (χ4v) is 4.45. The van der Waals surface area contributed by atoms with Gasteiger partial charge in [-0.05, 0) is 61.1 Å². The zero-order chi connectivity index (χ0) is 24.6. The Labute approximate surface area is 214 Å². The van der Waals surface area contributed by atoms with E-state index in [2.05, 4.69) is 54.1 Å². The summed E-state index contributed by atoms with van der Waals surface area (Å²) in [5.41, 5.74) is 3.17. The van der Waals surface area contributed by atoms with E-state index >= 15 is 0 Å². The monoisotopic (exact) mass is 501 g/mol. The molecule has 1 aliphatic heterocycles. The fraction of sp³-hybridized carbons (Fsp3) is 0.464. The van der Waals surface area contributed by atoms with Crippen molar-refractivity contribution in [3.8, 4) is 0 Å². The third kappa shape index (κ3) is 8.65. The summed E-state index contributed by atoms with van der Waals surface area (Å²) in [6, 6.07) is 13.9. The Hall–Kier alpha value is -2.01. The minimum absolute atomic E-state index is 0.0776. The Morgan fingerprint density at radius 2 is 1.79 bits per heavy atom. The lowest BCUT2D eigenvalue weighted by Gasteiger charge is -2.36. The number of hydrogen-bond donors (Lipinski definition) is 1. The first kappa shape index (κ1) is 26.6. The summed E-state index contributed by atoms with van der Waals surface area (Å²) in [6.07, 6.45) is 7.94. The van der Waals surface area contributed by atoms with Crippen molar-refractivity contribution in [2.75, 3.05) is 42.9 Å². The van der Waals surface area contributed by atoms with Crippen LogP contribution < -0.4 is 10.2 Å². The summed E-state index contributed by atoms with van der Waals surface area (Å²) in [5, 5.41) is 4.28. The van der Waals surface area contributed by atoms with E-state index in [1.165, 1.54) is 0 Å². The van der Waals surface area contributed by atoms with Crippen molar-refractivity contribution in [3.05, 3.63) is 64.1 Å². The minimum Gasteiger partial charge on any atom is -0.368 e. The number of piperazine rings is 1. The number of rotatable bonds is 9. The molecule has 1 saturated heterocycles. The predicted molar refractivity (Wildman–Crippen MR) is 147 cm³/mol. The highest BCUT2D eigenvalue weighted by molar-refractivity contribution is 6.43. The van der Waals surface area contributed by atoms with Crippen LogP contribution >= 0.6 is 23.2 Å². The van der Waals surface area contributed by atoms with Gasteiger partial charge in [-0.1, -0.05) is 74.3 Å². The van der Waals surface area contributed by atoms with Gasteiger partial charge in [0.25, 0.3) is 0 Å². The second-order valence-corrected chi connectivity index (χ2v) is 11.0. The molecule has 0 aliphatic carbocycles. The second-order valence-electron chi connectivity index (χ2n) is 10.2. The Balaban J connectivity index is 1.37. The second kappa shape index (κ2) is 12.6. The highest BCUT2D eigenvalue weighted by atomic mass is 35.5. The average Bonchev–Trinajstić information content (AvgIpc) is 2.80. The first-order valence-electron chi connectivity index (χ1n) is 12.2. The van der Waals surface area contributed by atoms with Crippen LogP contribution in [0, 0.1) is 5.41 Å². The van der Waals surface area contributed by atoms with Gasteiger partial charge in [0.2, 0.25) is 5.91 Å². The number of carbonyl (C=O) groups excluding carboxylic acids is 1. The van der Waals surface area contributed by atoms with Gasteiger partial charge in [-0.15, -0.1) is 0 Å². The molecule has 34 heavy (non-hydrogen) atoms. The van der Waals surface area contributed by atoms with Crippen LogP contribution in [0.2, 0.25) is 10.0 Å². The molecule has 1 heterocycles. The number of amides is 1. The summed E-state index contributed by atoms with van der Waals surface area (Å²) < 4.78 is 0. The number of halogens is 2. The van der Waals surface area contributed by atoms with Crippen LogP contribution in [0.25, 0.3) is 6.08 Å². The number of anilines is 2. The molecule has 3 rings (SSSR count). The SMILES string of the molecule is CC(C)(C)CCC(=O)Nc1cccc(/C=C/CCCN2CCN(c3cccc(Cl)c3Cl)CC2)c1. The highest BCUT2D eigenvalue weighted by Gasteiger charge is 2.19. The van der Waals surface area contributed by atoms with Crippen molar-refractivity contribution >= 4 is 46.6 Å². The van der Waals surface area contributed by atoms with Gasteiger partial charge in [0, 0.05) is 38.3 Å². The maximum Gasteiger partial charge on any atom is 0.224 e. The molecule has 0 aromatic heterocycles. The van der Waals surface area contributed by atoms with Crippen molar-refractivity contribution in [2.45, 2.75) is 46.5 Å². The first-order valence-corrected chi connectivity index (χ1v) is 12.9. The van der Waals surface area contributed by atoms with Crippen LogP contribution in [0.15, 0.2) is 48.5 Å². The molecule has 1 aliphatic rings. The van der Waals surface area contributed by atoms with Crippen molar-refractivity contribution in [1.82, 2.24) is 4.90 Å². The average molecular weight is 503 g/mol. The van der Waals surface area contributed by atoms with Crippen LogP contribution in [0.4, 0.5) is 11.4 Å². The molecule has 1 N–H and O–H groups in total. The molecule has 1 amide bonds. The molecular weight excluding hydrogens is 465 g/mol. The van der Waals surface area contributed by atoms with Crippen LogP contribution in [0.3, 0.4) is 0 Å². The standard InChI is InChI=1S/C28H37Cl2N3O/c1-28(2,3)15-14-26(34)31-23-11-7-10-22(21-23)9-5-4-6-16-32-17-19-33(20-18-32)25-13-8-12-24(29)27(25)30/h5,7-13,21H,4,6,14-20H2,1-3H3,(H,31,34)/b9-5+. The molecule has 0 bridgehead atoms. The van der Waals surface area contributed by atoms with Gasteiger partial charge >= 0.3 is 0 Å². The lowest BCUT2D eigenvalue weighted by Crippen LogP contribution is -2.46. The molecule has 4 nitrogen and oxygen atoms in total. The fourth-order valence-electron chi connectivity index (χ4n) is 4.03. The maximum atomic E-state index is 12.2. The molecular formula is C28H37Cl2N3O. The van der Waals surface area contributed by atoms with Gasteiger partial charge in [0.05, 0.1) is 15.7 Å². The number of allylic oxidation sites excluding steroid dienone is 1. The van der Waals surface area contributed by atoms with Crippen LogP contribution in [0.1, 0.15) is 52.0 Å². The third-order valence-corrected chi connectivity index (χ3v) is 6.88. The van der Waals surface area contributed by atoms with Gasteiger partial charge in [0.15, 0.2) is 0 Å². The predicted octanol–water partition coefficient (Wildman–Crippen LogP) is 7.37. The molecule has 0 saturated carbocycles. The van der Waals surface area contributed by atoms with E-state index in [1.807, 2.05) is 36.4 Å². The number of carbonyl (C=O) groups is 1. The van der Waals surface area contributed by atoms with E-state index in [0.29, 0.717) is 16.5 Å².